The number of carbonyl (C=O) groups is 1. The summed E-state index contributed by atoms with van der Waals surface area (Å²) in [7, 11) is 3.25. The van der Waals surface area contributed by atoms with Gasteiger partial charge >= 0.3 is 0 Å². The number of ether oxygens (including phenoxy) is 2. The van der Waals surface area contributed by atoms with Gasteiger partial charge in [-0.3, -0.25) is 9.79 Å². The van der Waals surface area contributed by atoms with Crippen LogP contribution in [-0.4, -0.2) is 31.3 Å². The second kappa shape index (κ2) is 6.71. The van der Waals surface area contributed by atoms with Gasteiger partial charge in [0.2, 0.25) is 0 Å². The first-order chi connectivity index (χ1) is 11.9. The predicted molar refractivity (Wildman–Crippen MR) is 99.3 cm³/mol. The fraction of sp³-hybridized carbons (Fsp3) is 0.333. The van der Waals surface area contributed by atoms with Crippen molar-refractivity contribution in [1.82, 2.24) is 0 Å². The van der Waals surface area contributed by atoms with Crippen LogP contribution in [0.25, 0.3) is 0 Å². The minimum absolute atomic E-state index is 0.0674. The zero-order valence-electron chi connectivity index (χ0n) is 15.1. The van der Waals surface area contributed by atoms with Crippen LogP contribution in [0.4, 0.5) is 0 Å². The van der Waals surface area contributed by atoms with Gasteiger partial charge in [-0.05, 0) is 38.0 Å². The Kier molecular flexibility index (Phi) is 4.62. The molecule has 2 aromatic carbocycles. The third kappa shape index (κ3) is 3.58. The smallest absolute Gasteiger partial charge is 0.168 e. The molecule has 0 spiro atoms. The second-order valence-corrected chi connectivity index (χ2v) is 6.88. The van der Waals surface area contributed by atoms with Crippen molar-refractivity contribution in [1.29, 1.82) is 0 Å². The van der Waals surface area contributed by atoms with Crippen LogP contribution in [0, 0.1) is 0 Å². The number of fused-ring (bicyclic) bond motifs is 1. The normalized spacial score (nSPS) is 15.1. The second-order valence-electron chi connectivity index (χ2n) is 6.88. The van der Waals surface area contributed by atoms with Crippen molar-refractivity contribution in [3.8, 4) is 11.5 Å². The molecule has 0 unspecified atom stereocenters. The molecule has 0 bridgehead atoms. The molecule has 0 amide bonds. The van der Waals surface area contributed by atoms with Crippen LogP contribution in [0.5, 0.6) is 11.5 Å². The van der Waals surface area contributed by atoms with Crippen molar-refractivity contribution in [3.63, 3.8) is 0 Å². The molecule has 1 aliphatic rings. The molecule has 4 heteroatoms. The van der Waals surface area contributed by atoms with E-state index in [4.69, 9.17) is 14.5 Å². The number of nitrogens with zero attached hydrogens (tertiary/aromatic N) is 1. The molecule has 130 valence electrons. The van der Waals surface area contributed by atoms with E-state index in [1.807, 2.05) is 42.5 Å². The molecule has 25 heavy (non-hydrogen) atoms. The molecule has 0 radical (unpaired) electrons. The average Bonchev–Trinajstić information content (AvgIpc) is 2.60. The van der Waals surface area contributed by atoms with Crippen molar-refractivity contribution >= 4 is 11.5 Å². The Morgan fingerprint density at radius 1 is 1.08 bits per heavy atom. The van der Waals surface area contributed by atoms with Crippen molar-refractivity contribution in [2.75, 3.05) is 14.2 Å². The van der Waals surface area contributed by atoms with E-state index in [1.54, 1.807) is 14.2 Å². The summed E-state index contributed by atoms with van der Waals surface area (Å²) >= 11 is 0. The molecular weight excluding hydrogens is 314 g/mol. The van der Waals surface area contributed by atoms with Crippen LogP contribution in [0.15, 0.2) is 47.5 Å². The number of methoxy groups -OCH3 is 2. The molecule has 0 fully saturated rings. The van der Waals surface area contributed by atoms with Crippen molar-refractivity contribution in [2.45, 2.75) is 32.2 Å². The summed E-state index contributed by atoms with van der Waals surface area (Å²) in [5.74, 6) is 1.42. The molecule has 4 nitrogen and oxygen atoms in total. The molecule has 0 N–H and O–H groups in total. The van der Waals surface area contributed by atoms with Crippen molar-refractivity contribution in [2.24, 2.45) is 4.99 Å². The van der Waals surface area contributed by atoms with Crippen LogP contribution in [-0.2, 0) is 6.42 Å². The van der Waals surface area contributed by atoms with Gasteiger partial charge in [-0.25, -0.2) is 0 Å². The summed E-state index contributed by atoms with van der Waals surface area (Å²) < 4.78 is 10.9. The number of hydrogen-bond acceptors (Lipinski definition) is 4. The van der Waals surface area contributed by atoms with Crippen LogP contribution < -0.4 is 9.47 Å². The van der Waals surface area contributed by atoms with Gasteiger partial charge in [-0.1, -0.05) is 30.3 Å². The van der Waals surface area contributed by atoms with E-state index >= 15 is 0 Å². The van der Waals surface area contributed by atoms with E-state index < -0.39 is 0 Å². The maximum atomic E-state index is 12.7. The number of hydrogen-bond donors (Lipinski definition) is 0. The quantitative estimate of drug-likeness (QED) is 0.772. The minimum Gasteiger partial charge on any atom is -0.493 e. The number of Topliss-reactive ketones (excluding diaryl/α,β-unsaturated/α-hetero) is 1. The Morgan fingerprint density at radius 3 is 2.36 bits per heavy atom. The van der Waals surface area contributed by atoms with Gasteiger partial charge in [-0.2, -0.15) is 0 Å². The van der Waals surface area contributed by atoms with Crippen LogP contribution in [0.1, 0.15) is 41.8 Å². The first-order valence-electron chi connectivity index (χ1n) is 8.36. The summed E-state index contributed by atoms with van der Waals surface area (Å²) in [5, 5.41) is 0. The van der Waals surface area contributed by atoms with Gasteiger partial charge in [0.1, 0.15) is 0 Å². The third-order valence-electron chi connectivity index (χ3n) is 4.40. The Morgan fingerprint density at radius 2 is 1.72 bits per heavy atom. The molecule has 0 aliphatic carbocycles. The lowest BCUT2D eigenvalue weighted by Gasteiger charge is -2.29. The zero-order valence-corrected chi connectivity index (χ0v) is 15.1. The predicted octanol–water partition coefficient (Wildman–Crippen LogP) is 4.10. The zero-order chi connectivity index (χ0) is 18.0. The van der Waals surface area contributed by atoms with Crippen molar-refractivity contribution < 1.29 is 14.3 Å². The summed E-state index contributed by atoms with van der Waals surface area (Å²) in [6, 6.07) is 13.3. The summed E-state index contributed by atoms with van der Waals surface area (Å²) in [4.78, 5) is 17.5. The highest BCUT2D eigenvalue weighted by molar-refractivity contribution is 6.17. The highest BCUT2D eigenvalue weighted by atomic mass is 16.5. The van der Waals surface area contributed by atoms with E-state index in [0.717, 1.165) is 23.3 Å². The molecule has 3 rings (SSSR count). The Bertz CT molecular complexity index is 823. The third-order valence-corrected chi connectivity index (χ3v) is 4.40. The minimum atomic E-state index is -0.251. The fourth-order valence-electron chi connectivity index (χ4n) is 3.28. The molecular formula is C21H23NO3. The molecule has 1 heterocycles. The number of benzene rings is 2. The highest BCUT2D eigenvalue weighted by Gasteiger charge is 2.29. The van der Waals surface area contributed by atoms with Crippen molar-refractivity contribution in [3.05, 3.63) is 59.2 Å². The number of aliphatic imine (C=N–C) groups is 1. The highest BCUT2D eigenvalue weighted by Crippen LogP contribution is 2.36. The van der Waals surface area contributed by atoms with Gasteiger partial charge in [0, 0.05) is 11.1 Å². The SMILES string of the molecule is COc1cc2c(cc1OC)C(CC(=O)c1ccccc1)=NC(C)(C)C2. The largest absolute Gasteiger partial charge is 0.493 e. The van der Waals surface area contributed by atoms with Gasteiger partial charge < -0.3 is 9.47 Å². The Labute approximate surface area is 148 Å². The van der Waals surface area contributed by atoms with Gasteiger partial charge in [0.25, 0.3) is 0 Å². The summed E-state index contributed by atoms with van der Waals surface area (Å²) in [6.07, 6.45) is 1.07. The standard InChI is InChI=1S/C21H23NO3/c1-21(2)13-15-10-19(24-3)20(25-4)11-16(15)17(22-21)12-18(23)14-8-6-5-7-9-14/h5-11H,12-13H2,1-4H3. The van der Waals surface area contributed by atoms with Gasteiger partial charge in [0.05, 0.1) is 31.9 Å². The lowest BCUT2D eigenvalue weighted by molar-refractivity contribution is 0.100. The van der Waals surface area contributed by atoms with Crippen LogP contribution in [0.3, 0.4) is 0 Å². The van der Waals surface area contributed by atoms with E-state index in [0.29, 0.717) is 17.1 Å². The van der Waals surface area contributed by atoms with E-state index in [9.17, 15) is 4.79 Å². The molecule has 0 aromatic heterocycles. The van der Waals surface area contributed by atoms with Gasteiger partial charge in [0.15, 0.2) is 17.3 Å². The summed E-state index contributed by atoms with van der Waals surface area (Å²) in [6.45, 7) is 4.17. The maximum Gasteiger partial charge on any atom is 0.168 e. The van der Waals surface area contributed by atoms with E-state index in [2.05, 4.69) is 13.8 Å². The molecule has 0 atom stereocenters. The summed E-state index contributed by atoms with van der Waals surface area (Å²) in [5.41, 5.74) is 3.37. The van der Waals surface area contributed by atoms with E-state index in [1.165, 1.54) is 0 Å². The average molecular weight is 337 g/mol. The number of ketones is 1. The lowest BCUT2D eigenvalue weighted by atomic mass is 9.85. The maximum absolute atomic E-state index is 12.7. The van der Waals surface area contributed by atoms with Gasteiger partial charge in [-0.15, -0.1) is 0 Å². The topological polar surface area (TPSA) is 47.9 Å². The van der Waals surface area contributed by atoms with Crippen LogP contribution in [0.2, 0.25) is 0 Å². The molecule has 0 saturated heterocycles. The monoisotopic (exact) mass is 337 g/mol. The number of carbonyl (C=O) groups excluding carboxylic acids is 1. The first-order valence-corrected chi connectivity index (χ1v) is 8.36. The lowest BCUT2D eigenvalue weighted by Crippen LogP contribution is -2.30. The fourth-order valence-corrected chi connectivity index (χ4v) is 3.28. The molecule has 0 saturated carbocycles. The first kappa shape index (κ1) is 17.2. The van der Waals surface area contributed by atoms with Crippen LogP contribution >= 0.6 is 0 Å². The number of rotatable bonds is 5. The molecule has 1 aliphatic heterocycles. The van der Waals surface area contributed by atoms with E-state index in [-0.39, 0.29) is 17.7 Å². The Hall–Kier alpha value is -2.62. The Balaban J connectivity index is 2.01. The molecule has 2 aromatic rings.